The van der Waals surface area contributed by atoms with Crippen LogP contribution in [0.25, 0.3) is 0 Å². The van der Waals surface area contributed by atoms with Gasteiger partial charge in [-0.05, 0) is 5.18 Å². The first-order valence-corrected chi connectivity index (χ1v) is 2.86. The first-order chi connectivity index (χ1) is 5.38. The topological polar surface area (TPSA) is 79.0 Å². The maximum Gasteiger partial charge on any atom is 0.221 e. The van der Waals surface area contributed by atoms with Gasteiger partial charge < -0.3 is 0 Å². The lowest BCUT2D eigenvalue weighted by Gasteiger charge is -1.94. The predicted molar refractivity (Wildman–Crippen MR) is 36.2 cm³/mol. The number of aromatic nitrogens is 2. The van der Waals surface area contributed by atoms with Crippen molar-refractivity contribution in [3.8, 4) is 6.07 Å². The van der Waals surface area contributed by atoms with Crippen molar-refractivity contribution in [2.24, 2.45) is 5.18 Å². The molecule has 1 aromatic rings. The van der Waals surface area contributed by atoms with Gasteiger partial charge in [0.15, 0.2) is 0 Å². The molecule has 0 radical (unpaired) electrons. The van der Waals surface area contributed by atoms with Gasteiger partial charge in [-0.2, -0.15) is 5.26 Å². The maximum atomic E-state index is 10.00. The van der Waals surface area contributed by atoms with Gasteiger partial charge in [-0.25, -0.2) is 0 Å². The van der Waals surface area contributed by atoms with Crippen LogP contribution in [0.3, 0.4) is 0 Å². The second-order valence-corrected chi connectivity index (χ2v) is 1.77. The molecule has 0 bridgehead atoms. The summed E-state index contributed by atoms with van der Waals surface area (Å²) in [6.07, 6.45) is 4.21. The number of nitriles is 1. The van der Waals surface area contributed by atoms with Gasteiger partial charge in [0.25, 0.3) is 0 Å². The molecule has 0 aromatic carbocycles. The van der Waals surface area contributed by atoms with Crippen LogP contribution in [-0.4, -0.2) is 9.97 Å². The summed E-state index contributed by atoms with van der Waals surface area (Å²) in [4.78, 5) is 17.4. The van der Waals surface area contributed by atoms with Crippen LogP contribution < -0.4 is 0 Å². The van der Waals surface area contributed by atoms with Crippen LogP contribution in [0.15, 0.2) is 23.8 Å². The molecule has 1 aromatic heterocycles. The molecule has 1 unspecified atom stereocenters. The number of rotatable bonds is 2. The highest BCUT2D eigenvalue weighted by Crippen LogP contribution is 2.10. The van der Waals surface area contributed by atoms with Crippen LogP contribution >= 0.6 is 0 Å². The standard InChI is InChI=1S/C6H4N4O/c7-3-5(10-11)6-4-8-1-2-9-6/h1-2,4-5H. The zero-order chi connectivity index (χ0) is 8.10. The van der Waals surface area contributed by atoms with E-state index in [9.17, 15) is 4.91 Å². The minimum absolute atomic E-state index is 0.282. The summed E-state index contributed by atoms with van der Waals surface area (Å²) in [6.45, 7) is 0. The Labute approximate surface area is 62.7 Å². The minimum atomic E-state index is -1.04. The van der Waals surface area contributed by atoms with E-state index < -0.39 is 6.04 Å². The molecule has 1 rings (SSSR count). The van der Waals surface area contributed by atoms with E-state index in [0.717, 1.165) is 0 Å². The smallest absolute Gasteiger partial charge is 0.221 e. The highest BCUT2D eigenvalue weighted by atomic mass is 16.3. The van der Waals surface area contributed by atoms with Crippen molar-refractivity contribution in [3.05, 3.63) is 29.2 Å². The Kier molecular flexibility index (Phi) is 2.23. The minimum Gasteiger partial charge on any atom is -0.261 e. The molecule has 5 heteroatoms. The molecule has 0 aliphatic rings. The Morgan fingerprint density at radius 1 is 1.64 bits per heavy atom. The summed E-state index contributed by atoms with van der Waals surface area (Å²) in [5.41, 5.74) is 0.282. The molecule has 0 aliphatic carbocycles. The number of hydrogen-bond acceptors (Lipinski definition) is 5. The predicted octanol–water partition coefficient (Wildman–Crippen LogP) is 0.808. The fourth-order valence-electron chi connectivity index (χ4n) is 0.596. The largest absolute Gasteiger partial charge is 0.261 e. The van der Waals surface area contributed by atoms with Crippen molar-refractivity contribution in [2.45, 2.75) is 6.04 Å². The van der Waals surface area contributed by atoms with Gasteiger partial charge in [0.1, 0.15) is 5.69 Å². The summed E-state index contributed by atoms with van der Waals surface area (Å²) in [5.74, 6) is 0. The summed E-state index contributed by atoms with van der Waals surface area (Å²) < 4.78 is 0. The molecule has 1 heterocycles. The van der Waals surface area contributed by atoms with Crippen molar-refractivity contribution in [3.63, 3.8) is 0 Å². The normalized spacial score (nSPS) is 11.5. The Bertz CT molecular complexity index is 278. The van der Waals surface area contributed by atoms with Gasteiger partial charge >= 0.3 is 0 Å². The first-order valence-electron chi connectivity index (χ1n) is 2.86. The number of nitroso groups, excluding NO2 is 1. The SMILES string of the molecule is N#CC(N=O)c1cnccn1. The Balaban J connectivity index is 2.93. The van der Waals surface area contributed by atoms with Gasteiger partial charge in [0, 0.05) is 12.4 Å². The molecule has 1 atom stereocenters. The molecule has 0 N–H and O–H groups in total. The second kappa shape index (κ2) is 3.37. The highest BCUT2D eigenvalue weighted by Gasteiger charge is 2.10. The van der Waals surface area contributed by atoms with Gasteiger partial charge in [0.2, 0.25) is 6.04 Å². The summed E-state index contributed by atoms with van der Waals surface area (Å²) in [7, 11) is 0. The fraction of sp³-hybridized carbons (Fsp3) is 0.167. The van der Waals surface area contributed by atoms with Crippen LogP contribution in [0.4, 0.5) is 0 Å². The molecule has 0 saturated heterocycles. The highest BCUT2D eigenvalue weighted by molar-refractivity contribution is 5.11. The Morgan fingerprint density at radius 2 is 2.45 bits per heavy atom. The molecule has 0 spiro atoms. The quantitative estimate of drug-likeness (QED) is 0.581. The second-order valence-electron chi connectivity index (χ2n) is 1.77. The average Bonchev–Trinajstić information content (AvgIpc) is 2.09. The van der Waals surface area contributed by atoms with E-state index in [-0.39, 0.29) is 5.69 Å². The molecule has 54 valence electrons. The molecular formula is C6H4N4O. The van der Waals surface area contributed by atoms with Crippen LogP contribution in [-0.2, 0) is 0 Å². The van der Waals surface area contributed by atoms with Crippen molar-refractivity contribution in [2.75, 3.05) is 0 Å². The van der Waals surface area contributed by atoms with Crippen LogP contribution in [0.1, 0.15) is 11.7 Å². The van der Waals surface area contributed by atoms with Gasteiger partial charge in [0.05, 0.1) is 12.3 Å². The molecule has 0 fully saturated rings. The van der Waals surface area contributed by atoms with E-state index in [2.05, 4.69) is 15.1 Å². The fourth-order valence-corrected chi connectivity index (χ4v) is 0.596. The van der Waals surface area contributed by atoms with E-state index >= 15 is 0 Å². The van der Waals surface area contributed by atoms with Crippen LogP contribution in [0, 0.1) is 16.2 Å². The first kappa shape index (κ1) is 7.28. The third-order valence-electron chi connectivity index (χ3n) is 1.09. The third kappa shape index (κ3) is 1.55. The van der Waals surface area contributed by atoms with Crippen molar-refractivity contribution < 1.29 is 0 Å². The monoisotopic (exact) mass is 148 g/mol. The molecule has 11 heavy (non-hydrogen) atoms. The van der Waals surface area contributed by atoms with E-state index in [1.807, 2.05) is 0 Å². The average molecular weight is 148 g/mol. The zero-order valence-electron chi connectivity index (χ0n) is 5.51. The van der Waals surface area contributed by atoms with E-state index in [4.69, 9.17) is 5.26 Å². The summed E-state index contributed by atoms with van der Waals surface area (Å²) in [5, 5.41) is 10.9. The molecule has 0 amide bonds. The zero-order valence-corrected chi connectivity index (χ0v) is 5.51. The molecule has 0 aliphatic heterocycles. The maximum absolute atomic E-state index is 10.00. The van der Waals surface area contributed by atoms with E-state index in [1.54, 1.807) is 6.07 Å². The molecular weight excluding hydrogens is 144 g/mol. The van der Waals surface area contributed by atoms with E-state index in [1.165, 1.54) is 18.6 Å². The lowest BCUT2D eigenvalue weighted by Crippen LogP contribution is -1.94. The summed E-state index contributed by atoms with van der Waals surface area (Å²) >= 11 is 0. The lowest BCUT2D eigenvalue weighted by molar-refractivity contribution is 0.855. The molecule has 0 saturated carbocycles. The summed E-state index contributed by atoms with van der Waals surface area (Å²) in [6, 6.07) is 0.648. The Hall–Kier alpha value is -1.83. The van der Waals surface area contributed by atoms with Crippen molar-refractivity contribution in [1.82, 2.24) is 9.97 Å². The van der Waals surface area contributed by atoms with Crippen LogP contribution in [0.5, 0.6) is 0 Å². The molecule has 5 nitrogen and oxygen atoms in total. The number of nitrogens with zero attached hydrogens (tertiary/aromatic N) is 4. The van der Waals surface area contributed by atoms with Crippen LogP contribution in [0.2, 0.25) is 0 Å². The van der Waals surface area contributed by atoms with Gasteiger partial charge in [-0.15, -0.1) is 4.91 Å². The van der Waals surface area contributed by atoms with Crippen molar-refractivity contribution in [1.29, 1.82) is 5.26 Å². The number of hydrogen-bond donors (Lipinski definition) is 0. The third-order valence-corrected chi connectivity index (χ3v) is 1.09. The van der Waals surface area contributed by atoms with Gasteiger partial charge in [-0.3, -0.25) is 9.97 Å². The van der Waals surface area contributed by atoms with E-state index in [0.29, 0.717) is 0 Å². The van der Waals surface area contributed by atoms with Crippen molar-refractivity contribution >= 4 is 0 Å². The van der Waals surface area contributed by atoms with Gasteiger partial charge in [-0.1, -0.05) is 0 Å². The Morgan fingerprint density at radius 3 is 2.91 bits per heavy atom. The lowest BCUT2D eigenvalue weighted by atomic mass is 10.2.